The molecule has 0 aliphatic carbocycles. The molecule has 3 heteroatoms. The first kappa shape index (κ1) is 10.2. The zero-order valence-corrected chi connectivity index (χ0v) is 10.6. The van der Waals surface area contributed by atoms with Gasteiger partial charge >= 0.3 is 0 Å². The summed E-state index contributed by atoms with van der Waals surface area (Å²) in [4.78, 5) is 11.1. The molecule has 0 atom stereocenters. The molecule has 0 saturated carbocycles. The number of benzene rings is 1. The fourth-order valence-corrected chi connectivity index (χ4v) is 2.27. The Balaban J connectivity index is 3.37. The molecule has 0 unspecified atom stereocenters. The molecule has 0 aliphatic heterocycles. The number of aryl methyl sites for hydroxylation is 1. The van der Waals surface area contributed by atoms with Gasteiger partial charge in [0.25, 0.3) is 0 Å². The first-order chi connectivity index (χ1) is 5.52. The van der Waals surface area contributed by atoms with Crippen LogP contribution < -0.4 is 0 Å². The Bertz CT molecular complexity index is 334. The summed E-state index contributed by atoms with van der Waals surface area (Å²) in [6.07, 6.45) is 0. The highest BCUT2D eigenvalue weighted by Crippen LogP contribution is 2.25. The van der Waals surface area contributed by atoms with Gasteiger partial charge in [-0.2, -0.15) is 0 Å². The number of Topliss-reactive ketones (excluding diaryl/α,β-unsaturated/α-hetero) is 1. The molecule has 1 nitrogen and oxygen atoms in total. The third kappa shape index (κ3) is 2.07. The van der Waals surface area contributed by atoms with Gasteiger partial charge in [0.1, 0.15) is 0 Å². The van der Waals surface area contributed by atoms with Crippen LogP contribution in [0.25, 0.3) is 0 Å². The average molecular weight is 339 g/mol. The van der Waals surface area contributed by atoms with E-state index in [1.54, 1.807) is 6.92 Å². The van der Waals surface area contributed by atoms with Crippen LogP contribution in [0.15, 0.2) is 16.6 Å². The second-order valence-electron chi connectivity index (χ2n) is 2.66. The van der Waals surface area contributed by atoms with E-state index in [1.807, 2.05) is 19.1 Å². The Labute approximate surface area is 93.8 Å². The number of hydrogen-bond donors (Lipinski definition) is 0. The van der Waals surface area contributed by atoms with Gasteiger partial charge in [0.15, 0.2) is 5.78 Å². The van der Waals surface area contributed by atoms with E-state index in [2.05, 4.69) is 38.5 Å². The Morgan fingerprint density at radius 1 is 1.50 bits per heavy atom. The highest BCUT2D eigenvalue weighted by atomic mass is 127. The lowest BCUT2D eigenvalue weighted by atomic mass is 10.1. The van der Waals surface area contributed by atoms with Gasteiger partial charge in [-0.05, 0) is 70.1 Å². The molecule has 1 aromatic carbocycles. The van der Waals surface area contributed by atoms with Gasteiger partial charge in [0.05, 0.1) is 0 Å². The Kier molecular flexibility index (Phi) is 3.29. The fraction of sp³-hybridized carbons (Fsp3) is 0.222. The van der Waals surface area contributed by atoms with E-state index >= 15 is 0 Å². The summed E-state index contributed by atoms with van der Waals surface area (Å²) < 4.78 is 1.99. The molecule has 64 valence electrons. The summed E-state index contributed by atoms with van der Waals surface area (Å²) in [5, 5.41) is 0. The van der Waals surface area contributed by atoms with E-state index in [1.165, 1.54) is 0 Å². The van der Waals surface area contributed by atoms with Crippen molar-refractivity contribution in [1.82, 2.24) is 0 Å². The van der Waals surface area contributed by atoms with Gasteiger partial charge in [0.2, 0.25) is 0 Å². The van der Waals surface area contributed by atoms with Crippen LogP contribution in [-0.2, 0) is 0 Å². The lowest BCUT2D eigenvalue weighted by molar-refractivity contribution is 0.101. The standard InChI is InChI=1S/C9H8BrIO/c1-5-3-7(6(2)12)9(10)8(11)4-5/h3-4H,1-2H3. The smallest absolute Gasteiger partial charge is 0.160 e. The van der Waals surface area contributed by atoms with Gasteiger partial charge < -0.3 is 0 Å². The molecule has 0 heterocycles. The Morgan fingerprint density at radius 2 is 2.08 bits per heavy atom. The molecule has 0 aromatic heterocycles. The van der Waals surface area contributed by atoms with Crippen molar-refractivity contribution in [3.8, 4) is 0 Å². The summed E-state index contributed by atoms with van der Waals surface area (Å²) in [7, 11) is 0. The van der Waals surface area contributed by atoms with E-state index in [0.717, 1.165) is 19.2 Å². The highest BCUT2D eigenvalue weighted by molar-refractivity contribution is 14.1. The first-order valence-electron chi connectivity index (χ1n) is 3.49. The SMILES string of the molecule is CC(=O)c1cc(C)cc(I)c1Br. The predicted octanol–water partition coefficient (Wildman–Crippen LogP) is 3.56. The molecular weight excluding hydrogens is 331 g/mol. The number of carbonyl (C=O) groups excluding carboxylic acids is 1. The minimum atomic E-state index is 0.100. The summed E-state index contributed by atoms with van der Waals surface area (Å²) in [5.74, 6) is 0.100. The molecular formula is C9H8BrIO. The van der Waals surface area contributed by atoms with Crippen LogP contribution in [0.2, 0.25) is 0 Å². The van der Waals surface area contributed by atoms with Crippen LogP contribution in [0.1, 0.15) is 22.8 Å². The maximum atomic E-state index is 11.1. The number of rotatable bonds is 1. The molecule has 0 aliphatic rings. The second-order valence-corrected chi connectivity index (χ2v) is 4.62. The van der Waals surface area contributed by atoms with Gasteiger partial charge in [-0.1, -0.05) is 0 Å². The molecule has 1 rings (SSSR count). The maximum absolute atomic E-state index is 11.1. The maximum Gasteiger partial charge on any atom is 0.160 e. The van der Waals surface area contributed by atoms with Crippen LogP contribution in [-0.4, -0.2) is 5.78 Å². The van der Waals surface area contributed by atoms with E-state index in [4.69, 9.17) is 0 Å². The first-order valence-corrected chi connectivity index (χ1v) is 5.36. The molecule has 0 fully saturated rings. The van der Waals surface area contributed by atoms with Crippen molar-refractivity contribution in [2.24, 2.45) is 0 Å². The zero-order valence-electron chi connectivity index (χ0n) is 6.82. The summed E-state index contributed by atoms with van der Waals surface area (Å²) in [5.41, 5.74) is 1.88. The van der Waals surface area contributed by atoms with Crippen molar-refractivity contribution in [2.45, 2.75) is 13.8 Å². The highest BCUT2D eigenvalue weighted by Gasteiger charge is 2.08. The van der Waals surface area contributed by atoms with Crippen molar-refractivity contribution in [2.75, 3.05) is 0 Å². The van der Waals surface area contributed by atoms with Crippen LogP contribution in [0, 0.1) is 10.5 Å². The van der Waals surface area contributed by atoms with E-state index in [9.17, 15) is 4.79 Å². The summed E-state index contributed by atoms with van der Waals surface area (Å²) in [6.45, 7) is 3.57. The van der Waals surface area contributed by atoms with Crippen LogP contribution in [0.5, 0.6) is 0 Å². The average Bonchev–Trinajstić information content (AvgIpc) is 1.96. The third-order valence-corrected chi connectivity index (χ3v) is 4.00. The number of halogens is 2. The molecule has 0 N–H and O–H groups in total. The van der Waals surface area contributed by atoms with Crippen LogP contribution in [0.3, 0.4) is 0 Å². The second kappa shape index (κ2) is 3.87. The third-order valence-electron chi connectivity index (χ3n) is 1.55. The fourth-order valence-electron chi connectivity index (χ4n) is 0.981. The van der Waals surface area contributed by atoms with Gasteiger partial charge in [-0.25, -0.2) is 0 Å². The van der Waals surface area contributed by atoms with E-state index in [0.29, 0.717) is 0 Å². The molecule has 0 radical (unpaired) electrons. The normalized spacial score (nSPS) is 10.0. The summed E-state index contributed by atoms with van der Waals surface area (Å²) in [6, 6.07) is 3.94. The molecule has 1 aromatic rings. The summed E-state index contributed by atoms with van der Waals surface area (Å²) >= 11 is 5.60. The molecule has 0 amide bonds. The monoisotopic (exact) mass is 338 g/mol. The topological polar surface area (TPSA) is 17.1 Å². The van der Waals surface area contributed by atoms with Gasteiger partial charge in [-0.15, -0.1) is 0 Å². The molecule has 0 saturated heterocycles. The van der Waals surface area contributed by atoms with Crippen LogP contribution in [0.4, 0.5) is 0 Å². The van der Waals surface area contributed by atoms with Crippen LogP contribution >= 0.6 is 38.5 Å². The van der Waals surface area contributed by atoms with Crippen molar-refractivity contribution in [1.29, 1.82) is 0 Å². The Morgan fingerprint density at radius 3 is 2.58 bits per heavy atom. The number of ketones is 1. The minimum absolute atomic E-state index is 0.100. The van der Waals surface area contributed by atoms with Gasteiger partial charge in [-0.3, -0.25) is 4.79 Å². The van der Waals surface area contributed by atoms with Crippen molar-refractivity contribution >= 4 is 44.3 Å². The Hall–Kier alpha value is 0.1000. The largest absolute Gasteiger partial charge is 0.294 e. The van der Waals surface area contributed by atoms with E-state index < -0.39 is 0 Å². The zero-order chi connectivity index (χ0) is 9.30. The quantitative estimate of drug-likeness (QED) is 0.565. The lowest BCUT2D eigenvalue weighted by Crippen LogP contribution is -1.96. The number of hydrogen-bond acceptors (Lipinski definition) is 1. The lowest BCUT2D eigenvalue weighted by Gasteiger charge is -2.04. The van der Waals surface area contributed by atoms with Gasteiger partial charge in [0, 0.05) is 13.6 Å². The molecule has 0 bridgehead atoms. The van der Waals surface area contributed by atoms with Crippen molar-refractivity contribution < 1.29 is 4.79 Å². The van der Waals surface area contributed by atoms with E-state index in [-0.39, 0.29) is 5.78 Å². The molecule has 0 spiro atoms. The minimum Gasteiger partial charge on any atom is -0.294 e. The predicted molar refractivity (Wildman–Crippen MR) is 61.6 cm³/mol. The molecule has 12 heavy (non-hydrogen) atoms. The van der Waals surface area contributed by atoms with Crippen molar-refractivity contribution in [3.63, 3.8) is 0 Å². The van der Waals surface area contributed by atoms with Crippen molar-refractivity contribution in [3.05, 3.63) is 31.3 Å². The number of carbonyl (C=O) groups is 1.